The van der Waals surface area contributed by atoms with Gasteiger partial charge in [-0.3, -0.25) is 0 Å². The molecule has 0 aliphatic rings. The van der Waals surface area contributed by atoms with Crippen LogP contribution in [0.5, 0.6) is 5.75 Å². The highest BCUT2D eigenvalue weighted by Gasteiger charge is 2.09. The Morgan fingerprint density at radius 1 is 1.16 bits per heavy atom. The van der Waals surface area contributed by atoms with Gasteiger partial charge in [0.05, 0.1) is 18.4 Å². The van der Waals surface area contributed by atoms with Gasteiger partial charge >= 0.3 is 0 Å². The number of nitrogens with zero attached hydrogens (tertiary/aromatic N) is 3. The van der Waals surface area contributed by atoms with Crippen LogP contribution in [0.25, 0.3) is 11.4 Å². The third-order valence-corrected chi connectivity index (χ3v) is 3.97. The van der Waals surface area contributed by atoms with E-state index in [-0.39, 0.29) is 5.75 Å². The van der Waals surface area contributed by atoms with Gasteiger partial charge in [-0.1, -0.05) is 24.3 Å². The SMILES string of the molecule is COc1ccccc1-c1ncnc(Nc2cccc(CS(=O)O)c2)n1. The molecule has 0 saturated heterocycles. The Morgan fingerprint density at radius 2 is 2.00 bits per heavy atom. The number of rotatable bonds is 6. The van der Waals surface area contributed by atoms with Crippen LogP contribution in [0.4, 0.5) is 11.6 Å². The molecular weight excluding hydrogens is 340 g/mol. The van der Waals surface area contributed by atoms with Crippen molar-refractivity contribution in [3.05, 3.63) is 60.4 Å². The van der Waals surface area contributed by atoms with Gasteiger partial charge in [-0.25, -0.2) is 14.2 Å². The quantitative estimate of drug-likeness (QED) is 0.655. The summed E-state index contributed by atoms with van der Waals surface area (Å²) in [6.07, 6.45) is 1.42. The highest BCUT2D eigenvalue weighted by molar-refractivity contribution is 7.78. The lowest BCUT2D eigenvalue weighted by molar-refractivity contribution is 0.416. The van der Waals surface area contributed by atoms with Gasteiger partial charge in [-0.2, -0.15) is 4.98 Å². The van der Waals surface area contributed by atoms with Crippen molar-refractivity contribution < 1.29 is 13.5 Å². The summed E-state index contributed by atoms with van der Waals surface area (Å²) in [6.45, 7) is 0. The van der Waals surface area contributed by atoms with Gasteiger partial charge in [0.2, 0.25) is 5.95 Å². The number of hydrogen-bond donors (Lipinski definition) is 2. The average molecular weight is 356 g/mol. The van der Waals surface area contributed by atoms with E-state index >= 15 is 0 Å². The Morgan fingerprint density at radius 3 is 2.80 bits per heavy atom. The van der Waals surface area contributed by atoms with E-state index < -0.39 is 11.1 Å². The van der Waals surface area contributed by atoms with E-state index in [0.29, 0.717) is 17.5 Å². The Bertz CT molecular complexity index is 904. The molecule has 0 bridgehead atoms. The molecule has 128 valence electrons. The van der Waals surface area contributed by atoms with E-state index in [1.807, 2.05) is 30.3 Å². The van der Waals surface area contributed by atoms with E-state index in [1.165, 1.54) is 6.33 Å². The van der Waals surface area contributed by atoms with Crippen molar-refractivity contribution in [2.45, 2.75) is 5.75 Å². The Balaban J connectivity index is 1.86. The highest BCUT2D eigenvalue weighted by atomic mass is 32.2. The van der Waals surface area contributed by atoms with Crippen LogP contribution in [0.15, 0.2) is 54.9 Å². The predicted molar refractivity (Wildman–Crippen MR) is 96.0 cm³/mol. The summed E-state index contributed by atoms with van der Waals surface area (Å²) in [4.78, 5) is 12.7. The van der Waals surface area contributed by atoms with Gasteiger partial charge in [0.15, 0.2) is 16.9 Å². The molecule has 1 heterocycles. The summed E-state index contributed by atoms with van der Waals surface area (Å²) in [5, 5.41) is 3.08. The Labute approximate surface area is 147 Å². The van der Waals surface area contributed by atoms with Gasteiger partial charge in [-0.15, -0.1) is 0 Å². The fourth-order valence-electron chi connectivity index (χ4n) is 2.33. The molecule has 0 spiro atoms. The van der Waals surface area contributed by atoms with Crippen LogP contribution in [-0.2, 0) is 16.8 Å². The number of para-hydroxylation sites is 1. The van der Waals surface area contributed by atoms with Crippen molar-refractivity contribution in [2.24, 2.45) is 0 Å². The smallest absolute Gasteiger partial charge is 0.230 e. The maximum atomic E-state index is 10.9. The van der Waals surface area contributed by atoms with Crippen LogP contribution < -0.4 is 10.1 Å². The summed E-state index contributed by atoms with van der Waals surface area (Å²) < 4.78 is 25.3. The molecular formula is C17H16N4O3S. The molecule has 8 heteroatoms. The number of benzene rings is 2. The van der Waals surface area contributed by atoms with Crippen LogP contribution in [0.1, 0.15) is 5.56 Å². The largest absolute Gasteiger partial charge is 0.496 e. The van der Waals surface area contributed by atoms with Gasteiger partial charge < -0.3 is 14.6 Å². The zero-order valence-corrected chi connectivity index (χ0v) is 14.2. The van der Waals surface area contributed by atoms with Crippen LogP contribution in [0.3, 0.4) is 0 Å². The van der Waals surface area contributed by atoms with Crippen molar-refractivity contribution in [1.29, 1.82) is 0 Å². The number of hydrogen-bond acceptors (Lipinski definition) is 6. The van der Waals surface area contributed by atoms with Crippen molar-refractivity contribution >= 4 is 22.7 Å². The first-order valence-corrected chi connectivity index (χ1v) is 8.69. The molecule has 1 unspecified atom stereocenters. The molecule has 3 rings (SSSR count). The zero-order valence-electron chi connectivity index (χ0n) is 13.4. The first-order chi connectivity index (χ1) is 12.2. The van der Waals surface area contributed by atoms with Gasteiger partial charge in [-0.05, 0) is 29.8 Å². The minimum Gasteiger partial charge on any atom is -0.496 e. The van der Waals surface area contributed by atoms with E-state index in [2.05, 4.69) is 20.3 Å². The van der Waals surface area contributed by atoms with Crippen molar-refractivity contribution in [3.8, 4) is 17.1 Å². The second-order valence-corrected chi connectivity index (χ2v) is 6.06. The highest BCUT2D eigenvalue weighted by Crippen LogP contribution is 2.27. The molecule has 0 saturated carbocycles. The number of anilines is 2. The topological polar surface area (TPSA) is 97.2 Å². The summed E-state index contributed by atoms with van der Waals surface area (Å²) >= 11 is -1.89. The number of methoxy groups -OCH3 is 1. The fourth-order valence-corrected chi connectivity index (χ4v) is 2.79. The maximum Gasteiger partial charge on any atom is 0.230 e. The number of nitrogens with one attached hydrogen (secondary N) is 1. The molecule has 1 atom stereocenters. The molecule has 3 aromatic rings. The predicted octanol–water partition coefficient (Wildman–Crippen LogP) is 3.01. The molecule has 0 aliphatic carbocycles. The first-order valence-electron chi connectivity index (χ1n) is 7.41. The van der Waals surface area contributed by atoms with E-state index in [0.717, 1.165) is 16.8 Å². The molecule has 0 fully saturated rings. The van der Waals surface area contributed by atoms with Gasteiger partial charge in [0.25, 0.3) is 0 Å². The van der Waals surface area contributed by atoms with Crippen LogP contribution in [-0.4, -0.2) is 30.8 Å². The average Bonchev–Trinajstić information content (AvgIpc) is 2.61. The van der Waals surface area contributed by atoms with Gasteiger partial charge in [0.1, 0.15) is 12.1 Å². The lowest BCUT2D eigenvalue weighted by Crippen LogP contribution is -2.01. The third-order valence-electron chi connectivity index (χ3n) is 3.39. The fraction of sp³-hybridized carbons (Fsp3) is 0.118. The molecule has 0 amide bonds. The Kier molecular flexibility index (Phi) is 5.32. The summed E-state index contributed by atoms with van der Waals surface area (Å²) in [7, 11) is 1.59. The molecule has 2 aromatic carbocycles. The Hall–Kier alpha value is -2.84. The summed E-state index contributed by atoms with van der Waals surface area (Å²) in [5.41, 5.74) is 2.23. The third kappa shape index (κ3) is 4.37. The van der Waals surface area contributed by atoms with Crippen molar-refractivity contribution in [1.82, 2.24) is 15.0 Å². The first kappa shape index (κ1) is 17.0. The molecule has 1 aromatic heterocycles. The standard InChI is InChI=1S/C17H16N4O3S/c1-24-15-8-3-2-7-14(15)16-18-11-19-17(21-16)20-13-6-4-5-12(9-13)10-25(22)23/h2-9,11H,10H2,1H3,(H,22,23)(H,18,19,20,21). The summed E-state index contributed by atoms with van der Waals surface area (Å²) in [5.74, 6) is 1.60. The number of aromatic nitrogens is 3. The summed E-state index contributed by atoms with van der Waals surface area (Å²) in [6, 6.07) is 14.7. The van der Waals surface area contributed by atoms with Crippen molar-refractivity contribution in [3.63, 3.8) is 0 Å². The molecule has 25 heavy (non-hydrogen) atoms. The van der Waals surface area contributed by atoms with Crippen LogP contribution in [0.2, 0.25) is 0 Å². The van der Waals surface area contributed by atoms with Crippen LogP contribution >= 0.6 is 0 Å². The second-order valence-electron chi connectivity index (χ2n) is 5.12. The van der Waals surface area contributed by atoms with Crippen molar-refractivity contribution in [2.75, 3.05) is 12.4 Å². The van der Waals surface area contributed by atoms with E-state index in [4.69, 9.17) is 9.29 Å². The monoisotopic (exact) mass is 356 g/mol. The zero-order chi connectivity index (χ0) is 17.6. The minimum absolute atomic E-state index is 0.0686. The maximum absolute atomic E-state index is 10.9. The van der Waals surface area contributed by atoms with Crippen LogP contribution in [0, 0.1) is 0 Å². The lowest BCUT2D eigenvalue weighted by Gasteiger charge is -2.09. The van der Waals surface area contributed by atoms with E-state index in [9.17, 15) is 4.21 Å². The lowest BCUT2D eigenvalue weighted by atomic mass is 10.2. The molecule has 7 nitrogen and oxygen atoms in total. The number of ether oxygens (including phenoxy) is 1. The second kappa shape index (κ2) is 7.82. The van der Waals surface area contributed by atoms with Gasteiger partial charge in [0, 0.05) is 5.69 Å². The minimum atomic E-state index is -1.89. The molecule has 0 aliphatic heterocycles. The molecule has 0 radical (unpaired) electrons. The normalized spacial score (nSPS) is 11.8. The van der Waals surface area contributed by atoms with E-state index in [1.54, 1.807) is 25.3 Å². The molecule has 2 N–H and O–H groups in total.